The molecule has 4 rings (SSSR count). The van der Waals surface area contributed by atoms with E-state index < -0.39 is 0 Å². The van der Waals surface area contributed by atoms with E-state index in [0.29, 0.717) is 13.1 Å². The predicted octanol–water partition coefficient (Wildman–Crippen LogP) is 1.93. The van der Waals surface area contributed by atoms with Gasteiger partial charge in [0.2, 0.25) is 5.91 Å². The molecule has 3 N–H and O–H groups in total. The molecule has 0 aliphatic carbocycles. The lowest BCUT2D eigenvalue weighted by molar-refractivity contribution is -0.126. The van der Waals surface area contributed by atoms with Crippen molar-refractivity contribution in [2.75, 3.05) is 19.6 Å². The number of hydrazine groups is 1. The van der Waals surface area contributed by atoms with E-state index in [0.717, 1.165) is 29.8 Å². The highest BCUT2D eigenvalue weighted by Gasteiger charge is 2.35. The van der Waals surface area contributed by atoms with Crippen LogP contribution in [0.3, 0.4) is 0 Å². The van der Waals surface area contributed by atoms with E-state index in [-0.39, 0.29) is 29.8 Å². The fraction of sp³-hybridized carbons (Fsp3) is 0.400. The summed E-state index contributed by atoms with van der Waals surface area (Å²) >= 11 is 1.46. The van der Waals surface area contributed by atoms with Crippen LogP contribution in [0.5, 0.6) is 0 Å². The lowest BCUT2D eigenvalue weighted by Gasteiger charge is -2.33. The molecule has 142 valence electrons. The molecular weight excluding hydrogens is 360 g/mol. The average Bonchev–Trinajstić information content (AvgIpc) is 3.40. The molecule has 27 heavy (non-hydrogen) atoms. The van der Waals surface area contributed by atoms with Crippen LogP contribution >= 0.6 is 11.3 Å². The second-order valence-electron chi connectivity index (χ2n) is 7.10. The van der Waals surface area contributed by atoms with E-state index in [1.165, 1.54) is 11.3 Å². The number of amides is 2. The maximum absolute atomic E-state index is 12.9. The minimum atomic E-state index is -0.171. The first-order valence-electron chi connectivity index (χ1n) is 9.39. The molecule has 2 aromatic rings. The van der Waals surface area contributed by atoms with Crippen molar-refractivity contribution in [1.82, 2.24) is 21.1 Å². The third-order valence-corrected chi connectivity index (χ3v) is 6.12. The summed E-state index contributed by atoms with van der Waals surface area (Å²) in [6.45, 7) is 1.92. The third-order valence-electron chi connectivity index (χ3n) is 5.26. The highest BCUT2D eigenvalue weighted by Crippen LogP contribution is 2.25. The molecule has 0 spiro atoms. The summed E-state index contributed by atoms with van der Waals surface area (Å²) in [5.41, 5.74) is 7.42. The van der Waals surface area contributed by atoms with Gasteiger partial charge in [0.15, 0.2) is 0 Å². The first-order valence-corrected chi connectivity index (χ1v) is 10.3. The van der Waals surface area contributed by atoms with Gasteiger partial charge in [0.25, 0.3) is 5.91 Å². The maximum Gasteiger partial charge on any atom is 0.263 e. The van der Waals surface area contributed by atoms with E-state index in [4.69, 9.17) is 0 Å². The van der Waals surface area contributed by atoms with Gasteiger partial charge in [-0.3, -0.25) is 15.0 Å². The molecule has 6 nitrogen and oxygen atoms in total. The molecule has 2 aliphatic heterocycles. The first kappa shape index (κ1) is 18.2. The van der Waals surface area contributed by atoms with Gasteiger partial charge in [0, 0.05) is 25.7 Å². The molecule has 0 saturated carbocycles. The summed E-state index contributed by atoms with van der Waals surface area (Å²) in [6.07, 6.45) is 1.81. The van der Waals surface area contributed by atoms with Gasteiger partial charge < -0.3 is 10.2 Å². The summed E-state index contributed by atoms with van der Waals surface area (Å²) < 4.78 is 0. The Morgan fingerprint density at radius 3 is 2.78 bits per heavy atom. The molecule has 2 fully saturated rings. The normalized spacial score (nSPS) is 25.3. The molecule has 0 bridgehead atoms. The maximum atomic E-state index is 12.9. The van der Waals surface area contributed by atoms with Crippen LogP contribution in [0.25, 0.3) is 0 Å². The Balaban J connectivity index is 1.38. The van der Waals surface area contributed by atoms with Crippen LogP contribution in [0, 0.1) is 5.92 Å². The molecule has 2 aliphatic rings. The molecule has 1 aromatic carbocycles. The summed E-state index contributed by atoms with van der Waals surface area (Å²) in [4.78, 5) is 28.1. The highest BCUT2D eigenvalue weighted by molar-refractivity contribution is 7.12. The lowest BCUT2D eigenvalue weighted by Crippen LogP contribution is -2.51. The topological polar surface area (TPSA) is 73.5 Å². The van der Waals surface area contributed by atoms with Gasteiger partial charge in [0.05, 0.1) is 16.8 Å². The molecule has 2 saturated heterocycles. The third kappa shape index (κ3) is 4.05. The summed E-state index contributed by atoms with van der Waals surface area (Å²) in [5.74, 6) is -0.0668. The molecule has 2 amide bonds. The van der Waals surface area contributed by atoms with Crippen molar-refractivity contribution in [3.05, 3.63) is 58.3 Å². The Kier molecular flexibility index (Phi) is 5.52. The molecule has 1 aromatic heterocycles. The van der Waals surface area contributed by atoms with Crippen molar-refractivity contribution in [3.8, 4) is 0 Å². The van der Waals surface area contributed by atoms with E-state index in [2.05, 4.69) is 16.2 Å². The number of hydrogen-bond donors (Lipinski definition) is 3. The molecule has 3 unspecified atom stereocenters. The quantitative estimate of drug-likeness (QED) is 0.753. The number of likely N-dealkylation sites (tertiary alicyclic amines) is 1. The van der Waals surface area contributed by atoms with E-state index in [1.54, 1.807) is 0 Å². The number of nitrogens with one attached hydrogen (secondary N) is 3. The number of nitrogens with zero attached hydrogens (tertiary/aromatic N) is 1. The molecule has 3 heterocycles. The second kappa shape index (κ2) is 8.21. The van der Waals surface area contributed by atoms with Crippen LogP contribution in [0.15, 0.2) is 47.8 Å². The van der Waals surface area contributed by atoms with Crippen LogP contribution < -0.4 is 16.2 Å². The van der Waals surface area contributed by atoms with Crippen molar-refractivity contribution < 1.29 is 9.59 Å². The lowest BCUT2D eigenvalue weighted by atomic mass is 9.93. The van der Waals surface area contributed by atoms with Crippen molar-refractivity contribution in [3.63, 3.8) is 0 Å². The van der Waals surface area contributed by atoms with Gasteiger partial charge in [-0.15, -0.1) is 11.3 Å². The highest BCUT2D eigenvalue weighted by atomic mass is 32.1. The number of carbonyl (C=O) groups excluding carboxylic acids is 2. The van der Waals surface area contributed by atoms with E-state index in [1.807, 2.05) is 52.7 Å². The number of benzene rings is 1. The molecular formula is C20H24N4O2S. The zero-order valence-corrected chi connectivity index (χ0v) is 15.9. The van der Waals surface area contributed by atoms with Crippen molar-refractivity contribution >= 4 is 23.2 Å². The van der Waals surface area contributed by atoms with Crippen molar-refractivity contribution in [1.29, 1.82) is 0 Å². The van der Waals surface area contributed by atoms with Crippen LogP contribution in [0.2, 0.25) is 0 Å². The summed E-state index contributed by atoms with van der Waals surface area (Å²) in [5, 5.41) is 5.10. The van der Waals surface area contributed by atoms with Gasteiger partial charge >= 0.3 is 0 Å². The second-order valence-corrected chi connectivity index (χ2v) is 8.04. The van der Waals surface area contributed by atoms with Gasteiger partial charge in [-0.1, -0.05) is 36.4 Å². The predicted molar refractivity (Wildman–Crippen MR) is 105 cm³/mol. The number of piperidine rings is 1. The van der Waals surface area contributed by atoms with Crippen molar-refractivity contribution in [2.45, 2.75) is 24.9 Å². The first-order chi connectivity index (χ1) is 13.2. The Labute approximate surface area is 162 Å². The van der Waals surface area contributed by atoms with Gasteiger partial charge in [-0.05, 0) is 29.9 Å². The van der Waals surface area contributed by atoms with Gasteiger partial charge in [-0.2, -0.15) is 0 Å². The van der Waals surface area contributed by atoms with E-state index in [9.17, 15) is 9.59 Å². The zero-order valence-electron chi connectivity index (χ0n) is 15.1. The minimum Gasteiger partial charge on any atom is -0.351 e. The zero-order chi connectivity index (χ0) is 18.6. The summed E-state index contributed by atoms with van der Waals surface area (Å²) in [7, 11) is 0. The van der Waals surface area contributed by atoms with Crippen LogP contribution in [0.4, 0.5) is 0 Å². The van der Waals surface area contributed by atoms with Crippen LogP contribution in [-0.4, -0.2) is 42.4 Å². The fourth-order valence-corrected chi connectivity index (χ4v) is 4.55. The Morgan fingerprint density at radius 1 is 1.15 bits per heavy atom. The standard InChI is InChI=1S/C20H24N4O2S/c25-19(16-12-21-23-18(16)14-6-2-1-3-7-14)22-15-8-4-10-24(13-15)20(26)17-9-5-11-27-17/h1-3,5-7,9,11,15-16,18,21,23H,4,8,10,12-13H2,(H,22,25). The van der Waals surface area contributed by atoms with Gasteiger partial charge in [-0.25, -0.2) is 5.43 Å². The van der Waals surface area contributed by atoms with E-state index >= 15 is 0 Å². The fourth-order valence-electron chi connectivity index (χ4n) is 3.86. The summed E-state index contributed by atoms with van der Waals surface area (Å²) in [6, 6.07) is 13.7. The molecule has 0 radical (unpaired) electrons. The smallest absolute Gasteiger partial charge is 0.263 e. The number of carbonyl (C=O) groups is 2. The number of rotatable bonds is 4. The minimum absolute atomic E-state index is 0.00665. The number of thiophene rings is 1. The Bertz CT molecular complexity index is 781. The monoisotopic (exact) mass is 384 g/mol. The van der Waals surface area contributed by atoms with Crippen LogP contribution in [-0.2, 0) is 4.79 Å². The van der Waals surface area contributed by atoms with Crippen molar-refractivity contribution in [2.24, 2.45) is 5.92 Å². The number of hydrogen-bond acceptors (Lipinski definition) is 5. The Morgan fingerprint density at radius 2 is 2.00 bits per heavy atom. The Hall–Kier alpha value is -2.22. The molecule has 3 atom stereocenters. The average molecular weight is 385 g/mol. The molecule has 7 heteroatoms. The van der Waals surface area contributed by atoms with Gasteiger partial charge in [0.1, 0.15) is 0 Å². The largest absolute Gasteiger partial charge is 0.351 e. The SMILES string of the molecule is O=C(NC1CCCN(C(=O)c2cccs2)C1)C1CNNC1c1ccccc1. The van der Waals surface area contributed by atoms with Crippen LogP contribution in [0.1, 0.15) is 34.1 Å².